The van der Waals surface area contributed by atoms with E-state index in [0.717, 1.165) is 42.0 Å². The second kappa shape index (κ2) is 7.84. The number of hydrogen-bond acceptors (Lipinski definition) is 6. The van der Waals surface area contributed by atoms with Crippen molar-refractivity contribution in [1.82, 2.24) is 29.3 Å². The van der Waals surface area contributed by atoms with Gasteiger partial charge in [0.05, 0.1) is 0 Å². The summed E-state index contributed by atoms with van der Waals surface area (Å²) in [6, 6.07) is 10.7. The molecule has 0 aromatic carbocycles. The van der Waals surface area contributed by atoms with Crippen LogP contribution in [0.25, 0.3) is 22.6 Å². The maximum absolute atomic E-state index is 13.0. The molecule has 32 heavy (non-hydrogen) atoms. The van der Waals surface area contributed by atoms with Crippen molar-refractivity contribution >= 4 is 11.7 Å². The zero-order valence-electron chi connectivity index (χ0n) is 17.7. The Hall–Kier alpha value is -4.14. The van der Waals surface area contributed by atoms with Crippen LogP contribution >= 0.6 is 0 Å². The molecule has 9 heteroatoms. The van der Waals surface area contributed by atoms with Crippen molar-refractivity contribution in [2.24, 2.45) is 7.05 Å². The van der Waals surface area contributed by atoms with Gasteiger partial charge in [-0.05, 0) is 37.6 Å². The summed E-state index contributed by atoms with van der Waals surface area (Å²) < 4.78 is 3.44. The van der Waals surface area contributed by atoms with E-state index in [1.54, 1.807) is 37.6 Å². The molecule has 4 aromatic rings. The Morgan fingerprint density at radius 2 is 2.00 bits per heavy atom. The van der Waals surface area contributed by atoms with Crippen molar-refractivity contribution < 1.29 is 4.79 Å². The van der Waals surface area contributed by atoms with Crippen molar-refractivity contribution in [3.8, 4) is 22.6 Å². The summed E-state index contributed by atoms with van der Waals surface area (Å²) in [7, 11) is 1.62. The number of aromatic nitrogens is 6. The molecule has 1 aliphatic heterocycles. The summed E-state index contributed by atoms with van der Waals surface area (Å²) >= 11 is 0. The number of nitrogens with zero attached hydrogens (tertiary/aromatic N) is 6. The zero-order chi connectivity index (χ0) is 22.2. The molecule has 0 radical (unpaired) electrons. The molecule has 5 heterocycles. The van der Waals surface area contributed by atoms with Crippen LogP contribution in [0.15, 0.2) is 53.6 Å². The summed E-state index contributed by atoms with van der Waals surface area (Å²) in [4.78, 5) is 34.5. The summed E-state index contributed by atoms with van der Waals surface area (Å²) in [6.45, 7) is 2.75. The fourth-order valence-corrected chi connectivity index (χ4v) is 3.82. The molecule has 0 saturated heterocycles. The molecule has 0 spiro atoms. The lowest BCUT2D eigenvalue weighted by Crippen LogP contribution is -2.27. The molecule has 4 aromatic heterocycles. The van der Waals surface area contributed by atoms with Gasteiger partial charge < -0.3 is 14.5 Å². The van der Waals surface area contributed by atoms with Crippen LogP contribution < -0.4 is 10.9 Å². The number of aryl methyl sites for hydroxylation is 3. The van der Waals surface area contributed by atoms with E-state index in [-0.39, 0.29) is 5.56 Å². The first-order valence-corrected chi connectivity index (χ1v) is 10.3. The van der Waals surface area contributed by atoms with Gasteiger partial charge in [-0.25, -0.2) is 4.98 Å². The van der Waals surface area contributed by atoms with Gasteiger partial charge in [0.2, 0.25) is 0 Å². The molecule has 1 N–H and O–H groups in total. The van der Waals surface area contributed by atoms with E-state index in [9.17, 15) is 9.59 Å². The Morgan fingerprint density at radius 3 is 2.81 bits per heavy atom. The van der Waals surface area contributed by atoms with Crippen LogP contribution in [0.2, 0.25) is 0 Å². The first-order chi connectivity index (χ1) is 15.5. The Morgan fingerprint density at radius 1 is 1.12 bits per heavy atom. The predicted molar refractivity (Wildman–Crippen MR) is 119 cm³/mol. The van der Waals surface area contributed by atoms with Crippen LogP contribution in [-0.4, -0.2) is 35.2 Å². The smallest absolute Gasteiger partial charge is 0.263 e. The largest absolute Gasteiger partial charge is 0.317 e. The highest BCUT2D eigenvalue weighted by Crippen LogP contribution is 2.23. The van der Waals surface area contributed by atoms with E-state index in [4.69, 9.17) is 0 Å². The molecular weight excluding hydrogens is 406 g/mol. The van der Waals surface area contributed by atoms with Crippen molar-refractivity contribution in [2.75, 3.05) is 5.32 Å². The minimum absolute atomic E-state index is 0.0288. The number of rotatable bonds is 4. The third kappa shape index (κ3) is 3.58. The topological polar surface area (TPSA) is 108 Å². The van der Waals surface area contributed by atoms with Crippen molar-refractivity contribution in [3.63, 3.8) is 0 Å². The van der Waals surface area contributed by atoms with Crippen LogP contribution in [0.1, 0.15) is 28.3 Å². The minimum Gasteiger partial charge on any atom is -0.317 e. The standard InChI is InChI=1S/C23H21N7O2/c1-14-8-9-15(12-24-14)16-11-17(23(32)29(2)13-16)22(31)26-19-6-3-5-18(25-19)21-28-27-20-7-4-10-30(20)21/h3,5-6,8-9,11-13H,4,7,10H2,1-2H3,(H,25,26,31). The molecule has 0 fully saturated rings. The number of nitrogens with one attached hydrogen (secondary N) is 1. The lowest BCUT2D eigenvalue weighted by molar-refractivity contribution is 0.102. The Kier molecular flexibility index (Phi) is 4.85. The highest BCUT2D eigenvalue weighted by molar-refractivity contribution is 6.04. The number of carbonyl (C=O) groups is 1. The molecule has 1 amide bonds. The lowest BCUT2D eigenvalue weighted by atomic mass is 10.1. The van der Waals surface area contributed by atoms with Gasteiger partial charge in [0, 0.05) is 49.2 Å². The normalized spacial score (nSPS) is 12.6. The third-order valence-corrected chi connectivity index (χ3v) is 5.50. The van der Waals surface area contributed by atoms with E-state index in [0.29, 0.717) is 17.3 Å². The third-order valence-electron chi connectivity index (χ3n) is 5.50. The summed E-state index contributed by atoms with van der Waals surface area (Å²) in [5.41, 5.74) is 2.70. The lowest BCUT2D eigenvalue weighted by Gasteiger charge is -2.10. The van der Waals surface area contributed by atoms with Crippen LogP contribution in [0.3, 0.4) is 0 Å². The maximum Gasteiger partial charge on any atom is 0.263 e. The van der Waals surface area contributed by atoms with Crippen molar-refractivity contribution in [2.45, 2.75) is 26.3 Å². The maximum atomic E-state index is 13.0. The number of hydrogen-bond donors (Lipinski definition) is 1. The summed E-state index contributed by atoms with van der Waals surface area (Å²) in [6.07, 6.45) is 5.35. The van der Waals surface area contributed by atoms with Gasteiger partial charge in [-0.2, -0.15) is 0 Å². The quantitative estimate of drug-likeness (QED) is 0.536. The van der Waals surface area contributed by atoms with Gasteiger partial charge >= 0.3 is 0 Å². The van der Waals surface area contributed by atoms with E-state index in [1.807, 2.05) is 29.7 Å². The highest BCUT2D eigenvalue weighted by atomic mass is 16.2. The van der Waals surface area contributed by atoms with Gasteiger partial charge in [0.1, 0.15) is 22.9 Å². The van der Waals surface area contributed by atoms with E-state index >= 15 is 0 Å². The average Bonchev–Trinajstić information content (AvgIpc) is 3.40. The first kappa shape index (κ1) is 19.8. The van der Waals surface area contributed by atoms with E-state index < -0.39 is 11.5 Å². The van der Waals surface area contributed by atoms with Gasteiger partial charge in [0.15, 0.2) is 5.82 Å². The van der Waals surface area contributed by atoms with Gasteiger partial charge in [0.25, 0.3) is 11.5 Å². The van der Waals surface area contributed by atoms with Crippen LogP contribution in [0.4, 0.5) is 5.82 Å². The van der Waals surface area contributed by atoms with Gasteiger partial charge in [-0.3, -0.25) is 14.6 Å². The number of carbonyl (C=O) groups excluding carboxylic acids is 1. The molecule has 9 nitrogen and oxygen atoms in total. The fourth-order valence-electron chi connectivity index (χ4n) is 3.82. The molecule has 1 aliphatic rings. The summed E-state index contributed by atoms with van der Waals surface area (Å²) in [5.74, 6) is 1.44. The van der Waals surface area contributed by atoms with Crippen molar-refractivity contribution in [1.29, 1.82) is 0 Å². The molecular formula is C23H21N7O2. The monoisotopic (exact) mass is 427 g/mol. The highest BCUT2D eigenvalue weighted by Gasteiger charge is 2.20. The Labute approximate surface area is 183 Å². The van der Waals surface area contributed by atoms with Gasteiger partial charge in [-0.15, -0.1) is 10.2 Å². The SMILES string of the molecule is Cc1ccc(-c2cc(C(=O)Nc3cccc(-c4nnc5n4CCC5)n3)c(=O)n(C)c2)cn1. The van der Waals surface area contributed by atoms with E-state index in [1.165, 1.54) is 4.57 Å². The second-order valence-electron chi connectivity index (χ2n) is 7.80. The second-order valence-corrected chi connectivity index (χ2v) is 7.80. The molecule has 0 bridgehead atoms. The molecule has 0 aliphatic carbocycles. The van der Waals surface area contributed by atoms with Crippen LogP contribution in [-0.2, 0) is 20.0 Å². The molecule has 0 atom stereocenters. The predicted octanol–water partition coefficient (Wildman–Crippen LogP) is 2.61. The van der Waals surface area contributed by atoms with E-state index in [2.05, 4.69) is 25.5 Å². The number of amides is 1. The number of pyridine rings is 3. The van der Waals surface area contributed by atoms with Crippen LogP contribution in [0.5, 0.6) is 0 Å². The zero-order valence-corrected chi connectivity index (χ0v) is 17.7. The van der Waals surface area contributed by atoms with Crippen molar-refractivity contribution in [3.05, 3.63) is 76.2 Å². The molecule has 0 unspecified atom stereocenters. The average molecular weight is 427 g/mol. The van der Waals surface area contributed by atoms with Crippen LogP contribution in [0, 0.1) is 6.92 Å². The Bertz CT molecular complexity index is 1390. The first-order valence-electron chi connectivity index (χ1n) is 10.3. The number of fused-ring (bicyclic) bond motifs is 1. The Balaban J connectivity index is 1.45. The molecule has 0 saturated carbocycles. The fraction of sp³-hybridized carbons (Fsp3) is 0.217. The van der Waals surface area contributed by atoms with Gasteiger partial charge in [-0.1, -0.05) is 12.1 Å². The molecule has 5 rings (SSSR count). The number of anilines is 1. The molecule has 160 valence electrons. The summed E-state index contributed by atoms with van der Waals surface area (Å²) in [5, 5.41) is 11.2. The minimum atomic E-state index is -0.524.